The minimum atomic E-state index is 0.959. The van der Waals surface area contributed by atoms with E-state index in [1.54, 1.807) is 13.3 Å². The third-order valence-electron chi connectivity index (χ3n) is 3.08. The Kier molecular flexibility index (Phi) is 5.38. The van der Waals surface area contributed by atoms with Gasteiger partial charge in [0.1, 0.15) is 5.75 Å². The molecule has 0 atom stereocenters. The van der Waals surface area contributed by atoms with Gasteiger partial charge in [-0.25, -0.2) is 0 Å². The molecule has 0 amide bonds. The molecule has 1 heterocycles. The van der Waals surface area contributed by atoms with E-state index in [4.69, 9.17) is 4.74 Å². The summed E-state index contributed by atoms with van der Waals surface area (Å²) in [4.78, 5) is 4.11. The van der Waals surface area contributed by atoms with Crippen LogP contribution in [0.5, 0.6) is 5.75 Å². The number of nitrogens with zero attached hydrogens (tertiary/aromatic N) is 1. The van der Waals surface area contributed by atoms with Gasteiger partial charge in [0.15, 0.2) is 0 Å². The van der Waals surface area contributed by atoms with Crippen LogP contribution in [0.2, 0.25) is 0 Å². The third-order valence-corrected chi connectivity index (χ3v) is 3.08. The van der Waals surface area contributed by atoms with E-state index in [0.29, 0.717) is 0 Å². The average molecular weight is 256 g/mol. The van der Waals surface area contributed by atoms with Gasteiger partial charge in [-0.3, -0.25) is 4.98 Å². The molecule has 1 aromatic heterocycles. The summed E-state index contributed by atoms with van der Waals surface area (Å²) in [5.74, 6) is 0.969. The first kappa shape index (κ1) is 13.6. The van der Waals surface area contributed by atoms with Crippen LogP contribution in [0, 0.1) is 0 Å². The molecular formula is C16H20N2O. The lowest BCUT2D eigenvalue weighted by molar-refractivity contribution is 0.409. The molecule has 0 spiro atoms. The minimum Gasteiger partial charge on any atom is -0.496 e. The van der Waals surface area contributed by atoms with Crippen molar-refractivity contribution in [1.82, 2.24) is 10.3 Å². The van der Waals surface area contributed by atoms with Crippen molar-refractivity contribution < 1.29 is 4.74 Å². The van der Waals surface area contributed by atoms with E-state index >= 15 is 0 Å². The molecular weight excluding hydrogens is 236 g/mol. The molecule has 0 saturated heterocycles. The van der Waals surface area contributed by atoms with Crippen molar-refractivity contribution in [3.63, 3.8) is 0 Å². The smallest absolute Gasteiger partial charge is 0.122 e. The van der Waals surface area contributed by atoms with Gasteiger partial charge in [-0.2, -0.15) is 0 Å². The second-order valence-corrected chi connectivity index (χ2v) is 4.42. The summed E-state index contributed by atoms with van der Waals surface area (Å²) in [5, 5.41) is 3.45. The lowest BCUT2D eigenvalue weighted by atomic mass is 10.1. The van der Waals surface area contributed by atoms with Gasteiger partial charge in [-0.05, 0) is 49.2 Å². The Hall–Kier alpha value is -1.87. The molecule has 0 bridgehead atoms. The predicted molar refractivity (Wildman–Crippen MR) is 77.5 cm³/mol. The highest BCUT2D eigenvalue weighted by Crippen LogP contribution is 2.17. The van der Waals surface area contributed by atoms with Gasteiger partial charge in [0.25, 0.3) is 0 Å². The fourth-order valence-corrected chi connectivity index (χ4v) is 2.04. The Morgan fingerprint density at radius 1 is 1.05 bits per heavy atom. The topological polar surface area (TPSA) is 34.1 Å². The summed E-state index contributed by atoms with van der Waals surface area (Å²) in [6.45, 7) is 1.93. The van der Waals surface area contributed by atoms with Crippen LogP contribution in [-0.2, 0) is 12.8 Å². The van der Waals surface area contributed by atoms with E-state index in [-0.39, 0.29) is 0 Å². The van der Waals surface area contributed by atoms with E-state index in [2.05, 4.69) is 22.4 Å². The van der Waals surface area contributed by atoms with Crippen LogP contribution >= 0.6 is 0 Å². The molecule has 1 N–H and O–H groups in total. The van der Waals surface area contributed by atoms with Crippen LogP contribution in [-0.4, -0.2) is 25.2 Å². The Morgan fingerprint density at radius 3 is 2.68 bits per heavy atom. The van der Waals surface area contributed by atoms with Gasteiger partial charge in [0.05, 0.1) is 7.11 Å². The van der Waals surface area contributed by atoms with Crippen molar-refractivity contribution in [2.75, 3.05) is 20.2 Å². The predicted octanol–water partition coefficient (Wildman–Crippen LogP) is 2.47. The van der Waals surface area contributed by atoms with Crippen LogP contribution in [0.4, 0.5) is 0 Å². The minimum absolute atomic E-state index is 0.959. The maximum absolute atomic E-state index is 5.34. The molecule has 0 unspecified atom stereocenters. The van der Waals surface area contributed by atoms with Crippen LogP contribution < -0.4 is 10.1 Å². The van der Waals surface area contributed by atoms with Crippen molar-refractivity contribution >= 4 is 0 Å². The van der Waals surface area contributed by atoms with Crippen molar-refractivity contribution in [2.45, 2.75) is 12.8 Å². The standard InChI is InChI=1S/C16H20N2O/c1-19-16-7-3-2-6-15(16)9-12-17-11-8-14-5-4-10-18-13-14/h2-7,10,13,17H,8-9,11-12H2,1H3. The fourth-order valence-electron chi connectivity index (χ4n) is 2.04. The molecule has 0 radical (unpaired) electrons. The van der Waals surface area contributed by atoms with Gasteiger partial charge in [0.2, 0.25) is 0 Å². The molecule has 19 heavy (non-hydrogen) atoms. The van der Waals surface area contributed by atoms with E-state index < -0.39 is 0 Å². The second kappa shape index (κ2) is 7.54. The Balaban J connectivity index is 1.69. The number of hydrogen-bond acceptors (Lipinski definition) is 3. The summed E-state index contributed by atoms with van der Waals surface area (Å²) < 4.78 is 5.34. The van der Waals surface area contributed by atoms with Gasteiger partial charge in [0, 0.05) is 12.4 Å². The zero-order valence-electron chi connectivity index (χ0n) is 11.3. The van der Waals surface area contributed by atoms with Crippen LogP contribution in [0.3, 0.4) is 0 Å². The second-order valence-electron chi connectivity index (χ2n) is 4.42. The van der Waals surface area contributed by atoms with Crippen molar-refractivity contribution in [1.29, 1.82) is 0 Å². The first-order valence-electron chi connectivity index (χ1n) is 6.61. The summed E-state index contributed by atoms with van der Waals surface area (Å²) in [6.07, 6.45) is 5.72. The maximum Gasteiger partial charge on any atom is 0.122 e. The highest BCUT2D eigenvalue weighted by atomic mass is 16.5. The number of pyridine rings is 1. The quantitative estimate of drug-likeness (QED) is 0.773. The van der Waals surface area contributed by atoms with Crippen LogP contribution in [0.25, 0.3) is 0 Å². The lowest BCUT2D eigenvalue weighted by Crippen LogP contribution is -2.20. The first-order valence-corrected chi connectivity index (χ1v) is 6.61. The lowest BCUT2D eigenvalue weighted by Gasteiger charge is -2.09. The van der Waals surface area contributed by atoms with Gasteiger partial charge >= 0.3 is 0 Å². The number of methoxy groups -OCH3 is 1. The van der Waals surface area contributed by atoms with E-state index in [1.165, 1.54) is 11.1 Å². The van der Waals surface area contributed by atoms with Crippen molar-refractivity contribution in [3.05, 3.63) is 59.9 Å². The molecule has 2 rings (SSSR count). The first-order chi connectivity index (χ1) is 9.40. The fraction of sp³-hybridized carbons (Fsp3) is 0.312. The Morgan fingerprint density at radius 2 is 1.89 bits per heavy atom. The summed E-state index contributed by atoms with van der Waals surface area (Å²) in [5.41, 5.74) is 2.52. The van der Waals surface area contributed by atoms with E-state index in [0.717, 1.165) is 31.7 Å². The largest absolute Gasteiger partial charge is 0.496 e. The average Bonchev–Trinajstić information content (AvgIpc) is 2.48. The van der Waals surface area contributed by atoms with E-state index in [1.807, 2.05) is 30.5 Å². The number of hydrogen-bond donors (Lipinski definition) is 1. The van der Waals surface area contributed by atoms with Crippen LogP contribution in [0.1, 0.15) is 11.1 Å². The Labute approximate surface area is 114 Å². The molecule has 2 aromatic rings. The number of aromatic nitrogens is 1. The van der Waals surface area contributed by atoms with E-state index in [9.17, 15) is 0 Å². The molecule has 1 aromatic carbocycles. The molecule has 0 saturated carbocycles. The highest BCUT2D eigenvalue weighted by molar-refractivity contribution is 5.33. The number of ether oxygens (including phenoxy) is 1. The van der Waals surface area contributed by atoms with Crippen molar-refractivity contribution in [3.8, 4) is 5.75 Å². The van der Waals surface area contributed by atoms with Crippen LogP contribution in [0.15, 0.2) is 48.8 Å². The highest BCUT2D eigenvalue weighted by Gasteiger charge is 2.00. The summed E-state index contributed by atoms with van der Waals surface area (Å²) in [7, 11) is 1.72. The molecule has 3 nitrogen and oxygen atoms in total. The monoisotopic (exact) mass is 256 g/mol. The van der Waals surface area contributed by atoms with Gasteiger partial charge in [-0.1, -0.05) is 24.3 Å². The Bertz CT molecular complexity index is 485. The molecule has 0 aliphatic heterocycles. The molecule has 3 heteroatoms. The molecule has 0 aliphatic carbocycles. The normalized spacial score (nSPS) is 10.4. The third kappa shape index (κ3) is 4.38. The molecule has 0 fully saturated rings. The zero-order chi connectivity index (χ0) is 13.3. The molecule has 100 valence electrons. The van der Waals surface area contributed by atoms with Gasteiger partial charge in [-0.15, -0.1) is 0 Å². The number of para-hydroxylation sites is 1. The number of rotatable bonds is 7. The SMILES string of the molecule is COc1ccccc1CCNCCc1cccnc1. The summed E-state index contributed by atoms with van der Waals surface area (Å²) >= 11 is 0. The number of nitrogens with one attached hydrogen (secondary N) is 1. The molecule has 0 aliphatic rings. The summed E-state index contributed by atoms with van der Waals surface area (Å²) in [6, 6.07) is 12.2. The number of benzene rings is 1. The zero-order valence-corrected chi connectivity index (χ0v) is 11.3. The van der Waals surface area contributed by atoms with Crippen molar-refractivity contribution in [2.24, 2.45) is 0 Å². The van der Waals surface area contributed by atoms with Gasteiger partial charge < -0.3 is 10.1 Å². The maximum atomic E-state index is 5.34.